The van der Waals surface area contributed by atoms with Gasteiger partial charge in [0.05, 0.1) is 6.54 Å². The van der Waals surface area contributed by atoms with E-state index in [1.165, 1.54) is 24.8 Å². The number of ketones is 1. The standard InChI is InChI=1S/C39H44N2O5/c42-37(22-12-4-2-1-3-7-15-30-16-8-5-9-17-30)40-27-28-46-33-25-23-31(24-26-33)29-36(39(44)45)41-35-21-14-13-20-34(35)38(43)32-18-10-6-11-19-32/h5-6,8-11,13-14,16-21,23-26,36,41H,1-4,7,12,15,22,27-29H2,(H,40,42)(H,44,45)/t36-/m0/s1. The van der Waals surface area contributed by atoms with Gasteiger partial charge in [0.2, 0.25) is 5.91 Å². The summed E-state index contributed by atoms with van der Waals surface area (Å²) in [7, 11) is 0. The van der Waals surface area contributed by atoms with Gasteiger partial charge in [0.1, 0.15) is 18.4 Å². The van der Waals surface area contributed by atoms with Crippen molar-refractivity contribution in [3.63, 3.8) is 0 Å². The molecule has 1 atom stereocenters. The van der Waals surface area contributed by atoms with Crippen molar-refractivity contribution in [2.45, 2.75) is 63.8 Å². The molecule has 0 saturated carbocycles. The van der Waals surface area contributed by atoms with Crippen molar-refractivity contribution in [1.82, 2.24) is 5.32 Å². The van der Waals surface area contributed by atoms with Crippen LogP contribution >= 0.6 is 0 Å². The molecule has 0 bridgehead atoms. The fraction of sp³-hybridized carbons (Fsp3) is 0.308. The molecule has 0 aliphatic heterocycles. The Kier molecular flexibility index (Phi) is 13.9. The quantitative estimate of drug-likeness (QED) is 0.0699. The molecule has 0 unspecified atom stereocenters. The first-order chi connectivity index (χ1) is 22.5. The number of nitrogens with one attached hydrogen (secondary N) is 2. The molecule has 46 heavy (non-hydrogen) atoms. The van der Waals surface area contributed by atoms with E-state index in [1.807, 2.05) is 24.3 Å². The van der Waals surface area contributed by atoms with Crippen LogP contribution in [-0.2, 0) is 22.4 Å². The molecular weight excluding hydrogens is 576 g/mol. The van der Waals surface area contributed by atoms with Crippen molar-refractivity contribution >= 4 is 23.3 Å². The van der Waals surface area contributed by atoms with Gasteiger partial charge in [-0.05, 0) is 54.7 Å². The van der Waals surface area contributed by atoms with Gasteiger partial charge < -0.3 is 20.5 Å². The summed E-state index contributed by atoms with van der Waals surface area (Å²) in [5, 5.41) is 15.9. The second kappa shape index (κ2) is 18.8. The lowest BCUT2D eigenvalue weighted by Gasteiger charge is -2.18. The van der Waals surface area contributed by atoms with Gasteiger partial charge in [-0.25, -0.2) is 4.79 Å². The molecule has 0 aliphatic rings. The van der Waals surface area contributed by atoms with Crippen molar-refractivity contribution < 1.29 is 24.2 Å². The number of unbranched alkanes of at least 4 members (excludes halogenated alkanes) is 5. The number of carboxylic acid groups (broad SMARTS) is 1. The van der Waals surface area contributed by atoms with Crippen LogP contribution in [0.5, 0.6) is 5.75 Å². The summed E-state index contributed by atoms with van der Waals surface area (Å²) >= 11 is 0. The van der Waals surface area contributed by atoms with Crippen LogP contribution in [0.25, 0.3) is 0 Å². The third-order valence-corrected chi connectivity index (χ3v) is 7.85. The van der Waals surface area contributed by atoms with E-state index in [4.69, 9.17) is 4.74 Å². The van der Waals surface area contributed by atoms with Crippen LogP contribution in [0.2, 0.25) is 0 Å². The molecule has 0 saturated heterocycles. The number of anilines is 1. The maximum absolute atomic E-state index is 13.1. The number of hydrogen-bond acceptors (Lipinski definition) is 5. The highest BCUT2D eigenvalue weighted by atomic mass is 16.5. The summed E-state index contributed by atoms with van der Waals surface area (Å²) < 4.78 is 5.77. The van der Waals surface area contributed by atoms with E-state index in [0.717, 1.165) is 31.2 Å². The Hall–Kier alpha value is -4.91. The second-order valence-corrected chi connectivity index (χ2v) is 11.4. The highest BCUT2D eigenvalue weighted by Crippen LogP contribution is 2.22. The van der Waals surface area contributed by atoms with Crippen LogP contribution in [0.15, 0.2) is 109 Å². The predicted octanol–water partition coefficient (Wildman–Crippen LogP) is 7.49. The molecule has 4 aromatic carbocycles. The van der Waals surface area contributed by atoms with E-state index in [1.54, 1.807) is 60.7 Å². The van der Waals surface area contributed by atoms with E-state index >= 15 is 0 Å². The first kappa shape index (κ1) is 34.0. The van der Waals surface area contributed by atoms with Crippen LogP contribution in [0.1, 0.15) is 72.0 Å². The van der Waals surface area contributed by atoms with Crippen molar-refractivity contribution in [3.05, 3.63) is 131 Å². The Balaban J connectivity index is 1.12. The lowest BCUT2D eigenvalue weighted by molar-refractivity contribution is -0.137. The first-order valence-corrected chi connectivity index (χ1v) is 16.2. The third-order valence-electron chi connectivity index (χ3n) is 7.85. The van der Waals surface area contributed by atoms with E-state index in [-0.39, 0.29) is 18.1 Å². The molecule has 0 spiro atoms. The van der Waals surface area contributed by atoms with E-state index in [9.17, 15) is 19.5 Å². The monoisotopic (exact) mass is 620 g/mol. The minimum Gasteiger partial charge on any atom is -0.492 e. The Bertz CT molecular complexity index is 1510. The van der Waals surface area contributed by atoms with Crippen molar-refractivity contribution in [2.24, 2.45) is 0 Å². The molecular formula is C39H44N2O5. The minimum atomic E-state index is -1.02. The van der Waals surface area contributed by atoms with Crippen LogP contribution in [-0.4, -0.2) is 42.0 Å². The number of benzene rings is 4. The average Bonchev–Trinajstić information content (AvgIpc) is 3.09. The highest BCUT2D eigenvalue weighted by molar-refractivity contribution is 6.12. The van der Waals surface area contributed by atoms with Crippen molar-refractivity contribution in [1.29, 1.82) is 0 Å². The Morgan fingerprint density at radius 2 is 1.30 bits per heavy atom. The smallest absolute Gasteiger partial charge is 0.326 e. The molecule has 0 aliphatic carbocycles. The summed E-state index contributed by atoms with van der Waals surface area (Å²) in [4.78, 5) is 37.4. The fourth-order valence-corrected chi connectivity index (χ4v) is 5.31. The fourth-order valence-electron chi connectivity index (χ4n) is 5.31. The zero-order valence-electron chi connectivity index (χ0n) is 26.3. The summed E-state index contributed by atoms with van der Waals surface area (Å²) in [6, 6.07) is 32.8. The largest absolute Gasteiger partial charge is 0.492 e. The molecule has 0 radical (unpaired) electrons. The van der Waals surface area contributed by atoms with Crippen LogP contribution in [0.4, 0.5) is 5.69 Å². The van der Waals surface area contributed by atoms with E-state index in [2.05, 4.69) is 34.9 Å². The summed E-state index contributed by atoms with van der Waals surface area (Å²) in [5.41, 5.74) is 3.63. The predicted molar refractivity (Wildman–Crippen MR) is 182 cm³/mol. The zero-order valence-corrected chi connectivity index (χ0v) is 26.3. The van der Waals surface area contributed by atoms with E-state index < -0.39 is 12.0 Å². The number of carbonyl (C=O) groups is 3. The maximum Gasteiger partial charge on any atom is 0.326 e. The minimum absolute atomic E-state index is 0.0438. The van der Waals surface area contributed by atoms with Gasteiger partial charge in [-0.2, -0.15) is 0 Å². The summed E-state index contributed by atoms with van der Waals surface area (Å²) in [6.07, 6.45) is 8.64. The summed E-state index contributed by atoms with van der Waals surface area (Å²) in [6.45, 7) is 0.768. The van der Waals surface area contributed by atoms with Crippen LogP contribution in [0, 0.1) is 0 Å². The van der Waals surface area contributed by atoms with Crippen LogP contribution < -0.4 is 15.4 Å². The lowest BCUT2D eigenvalue weighted by atomic mass is 10.00. The van der Waals surface area contributed by atoms with Crippen LogP contribution in [0.3, 0.4) is 0 Å². The average molecular weight is 621 g/mol. The number of rotatable bonds is 20. The highest BCUT2D eigenvalue weighted by Gasteiger charge is 2.21. The van der Waals surface area contributed by atoms with Gasteiger partial charge in [-0.15, -0.1) is 0 Å². The van der Waals surface area contributed by atoms with Crippen molar-refractivity contribution in [3.8, 4) is 5.75 Å². The molecule has 0 heterocycles. The number of carboxylic acids is 1. The lowest BCUT2D eigenvalue weighted by Crippen LogP contribution is -2.32. The van der Waals surface area contributed by atoms with Gasteiger partial charge in [0, 0.05) is 29.7 Å². The zero-order chi connectivity index (χ0) is 32.4. The van der Waals surface area contributed by atoms with Gasteiger partial charge in [-0.1, -0.05) is 111 Å². The first-order valence-electron chi connectivity index (χ1n) is 16.2. The molecule has 1 amide bonds. The SMILES string of the molecule is O=C(CCCCCCCCc1ccccc1)NCCOc1ccc(C[C@H](Nc2ccccc2C(=O)c2ccccc2)C(=O)O)cc1. The second-order valence-electron chi connectivity index (χ2n) is 11.4. The molecule has 4 rings (SSSR count). The van der Waals surface area contributed by atoms with Gasteiger partial charge in [0.25, 0.3) is 0 Å². The number of para-hydroxylation sites is 1. The van der Waals surface area contributed by atoms with Gasteiger partial charge >= 0.3 is 5.97 Å². The topological polar surface area (TPSA) is 105 Å². The van der Waals surface area contributed by atoms with E-state index in [0.29, 0.717) is 42.1 Å². The number of ether oxygens (including phenoxy) is 1. The van der Waals surface area contributed by atoms with Gasteiger partial charge in [-0.3, -0.25) is 9.59 Å². The number of carbonyl (C=O) groups excluding carboxylic acids is 2. The molecule has 3 N–H and O–H groups in total. The van der Waals surface area contributed by atoms with Gasteiger partial charge in [0.15, 0.2) is 5.78 Å². The molecule has 4 aromatic rings. The molecule has 0 aromatic heterocycles. The normalized spacial score (nSPS) is 11.4. The third kappa shape index (κ3) is 11.5. The summed E-state index contributed by atoms with van der Waals surface area (Å²) in [5.74, 6) is -0.505. The number of aliphatic carboxylic acids is 1. The number of amides is 1. The van der Waals surface area contributed by atoms with Crippen molar-refractivity contribution in [2.75, 3.05) is 18.5 Å². The molecule has 7 nitrogen and oxygen atoms in total. The molecule has 7 heteroatoms. The number of hydrogen-bond donors (Lipinski definition) is 3. The number of aryl methyl sites for hydroxylation is 1. The maximum atomic E-state index is 13.1. The Labute approximate surface area is 272 Å². The Morgan fingerprint density at radius 3 is 2.02 bits per heavy atom. The molecule has 240 valence electrons. The Morgan fingerprint density at radius 1 is 0.674 bits per heavy atom. The molecule has 0 fully saturated rings.